The van der Waals surface area contributed by atoms with Crippen molar-refractivity contribution in [3.8, 4) is 0 Å². The second-order valence-electron chi connectivity index (χ2n) is 10.4. The molecule has 0 aromatic rings. The molecule has 166 valence electrons. The van der Waals surface area contributed by atoms with Gasteiger partial charge in [-0.3, -0.25) is 9.59 Å². The lowest BCUT2D eigenvalue weighted by atomic mass is 9.77. The standard InChI is InChI=1S/C26H44O2S/c1-20(22-9-4-2-3-5-10-22)26(28)29-18-8-13-25(27)19-21-14-16-23-11-6-7-12-24(23)17-15-21/h20-24H,2-19H2,1H3/t20-,21?,23?,24?/m1/s1. The van der Waals surface area contributed by atoms with Crippen LogP contribution in [0, 0.1) is 29.6 Å². The summed E-state index contributed by atoms with van der Waals surface area (Å²) in [7, 11) is 0. The Morgan fingerprint density at radius 2 is 1.38 bits per heavy atom. The topological polar surface area (TPSA) is 34.1 Å². The highest BCUT2D eigenvalue weighted by Gasteiger charge is 2.30. The first-order valence-corrected chi connectivity index (χ1v) is 13.8. The van der Waals surface area contributed by atoms with Gasteiger partial charge in [0.25, 0.3) is 0 Å². The summed E-state index contributed by atoms with van der Waals surface area (Å²) in [6.45, 7) is 2.14. The van der Waals surface area contributed by atoms with E-state index in [0.717, 1.165) is 30.4 Å². The van der Waals surface area contributed by atoms with E-state index in [1.54, 1.807) is 0 Å². The summed E-state index contributed by atoms with van der Waals surface area (Å²) < 4.78 is 0. The normalized spacial score (nSPS) is 30.0. The van der Waals surface area contributed by atoms with Crippen molar-refractivity contribution in [1.82, 2.24) is 0 Å². The maximum absolute atomic E-state index is 12.6. The molecule has 3 saturated carbocycles. The van der Waals surface area contributed by atoms with E-state index in [1.807, 2.05) is 0 Å². The van der Waals surface area contributed by atoms with Gasteiger partial charge in [0.1, 0.15) is 5.78 Å². The van der Waals surface area contributed by atoms with E-state index >= 15 is 0 Å². The minimum absolute atomic E-state index is 0.198. The average Bonchev–Trinajstić information content (AvgIpc) is 3.12. The highest BCUT2D eigenvalue weighted by Crippen LogP contribution is 2.41. The van der Waals surface area contributed by atoms with Crippen LogP contribution in [0.1, 0.15) is 116 Å². The Morgan fingerprint density at radius 1 is 0.793 bits per heavy atom. The third-order valence-electron chi connectivity index (χ3n) is 8.30. The fourth-order valence-electron chi connectivity index (χ4n) is 6.29. The van der Waals surface area contributed by atoms with Gasteiger partial charge >= 0.3 is 0 Å². The second kappa shape index (κ2) is 12.5. The Morgan fingerprint density at radius 3 is 2.00 bits per heavy atom. The molecule has 0 spiro atoms. The van der Waals surface area contributed by atoms with Crippen LogP contribution < -0.4 is 0 Å². The van der Waals surface area contributed by atoms with Crippen LogP contribution in [0.3, 0.4) is 0 Å². The zero-order chi connectivity index (χ0) is 20.5. The highest BCUT2D eigenvalue weighted by atomic mass is 32.2. The van der Waals surface area contributed by atoms with Gasteiger partial charge in [-0.1, -0.05) is 70.1 Å². The van der Waals surface area contributed by atoms with Crippen LogP contribution in [-0.2, 0) is 9.59 Å². The zero-order valence-corrected chi connectivity index (χ0v) is 19.7. The van der Waals surface area contributed by atoms with Crippen LogP contribution in [0.15, 0.2) is 0 Å². The van der Waals surface area contributed by atoms with Crippen molar-refractivity contribution in [2.45, 2.75) is 116 Å². The molecule has 0 radical (unpaired) electrons. The number of carbonyl (C=O) groups is 2. The molecule has 0 heterocycles. The molecule has 0 bridgehead atoms. The maximum Gasteiger partial charge on any atom is 0.192 e. The van der Waals surface area contributed by atoms with Crippen LogP contribution in [0.5, 0.6) is 0 Å². The van der Waals surface area contributed by atoms with E-state index in [9.17, 15) is 9.59 Å². The summed E-state index contributed by atoms with van der Waals surface area (Å²) in [6.07, 6.45) is 21.1. The average molecular weight is 421 g/mol. The summed E-state index contributed by atoms with van der Waals surface area (Å²) in [5.41, 5.74) is 0. The van der Waals surface area contributed by atoms with Gasteiger partial charge in [0, 0.05) is 24.5 Å². The summed E-state index contributed by atoms with van der Waals surface area (Å²) in [4.78, 5) is 25.1. The summed E-state index contributed by atoms with van der Waals surface area (Å²) in [5.74, 6) is 4.63. The lowest BCUT2D eigenvalue weighted by molar-refractivity contribution is -0.120. The van der Waals surface area contributed by atoms with Crippen molar-refractivity contribution >= 4 is 22.7 Å². The van der Waals surface area contributed by atoms with Gasteiger partial charge in [0.05, 0.1) is 0 Å². The molecule has 2 nitrogen and oxygen atoms in total. The SMILES string of the molecule is C[C@@H](C(=O)SCCCC(=O)CC1CCC2CCCCC2CC1)C1CCCCCC1. The Labute approximate surface area is 183 Å². The van der Waals surface area contributed by atoms with Gasteiger partial charge in [0.2, 0.25) is 0 Å². The Kier molecular flexibility index (Phi) is 10.1. The molecule has 0 aliphatic heterocycles. The molecular formula is C26H44O2S. The van der Waals surface area contributed by atoms with Crippen LogP contribution in [0.25, 0.3) is 0 Å². The van der Waals surface area contributed by atoms with Crippen molar-refractivity contribution in [2.75, 3.05) is 5.75 Å². The molecule has 3 aliphatic carbocycles. The predicted molar refractivity (Wildman–Crippen MR) is 124 cm³/mol. The fraction of sp³-hybridized carbons (Fsp3) is 0.923. The maximum atomic E-state index is 12.6. The minimum atomic E-state index is 0.198. The van der Waals surface area contributed by atoms with E-state index in [0.29, 0.717) is 29.2 Å². The number of hydrogen-bond acceptors (Lipinski definition) is 3. The van der Waals surface area contributed by atoms with Gasteiger partial charge in [-0.15, -0.1) is 0 Å². The van der Waals surface area contributed by atoms with Crippen molar-refractivity contribution in [3.05, 3.63) is 0 Å². The summed E-state index contributed by atoms with van der Waals surface area (Å²) >= 11 is 1.50. The molecule has 2 unspecified atom stereocenters. The lowest BCUT2D eigenvalue weighted by Gasteiger charge is -2.29. The number of fused-ring (bicyclic) bond motifs is 1. The predicted octanol–water partition coefficient (Wildman–Crippen LogP) is 7.59. The molecule has 3 rings (SSSR count). The van der Waals surface area contributed by atoms with Gasteiger partial charge in [0.15, 0.2) is 5.12 Å². The summed E-state index contributed by atoms with van der Waals surface area (Å²) in [6, 6.07) is 0. The van der Waals surface area contributed by atoms with Crippen molar-refractivity contribution in [1.29, 1.82) is 0 Å². The Balaban J connectivity index is 1.29. The van der Waals surface area contributed by atoms with Crippen molar-refractivity contribution in [3.63, 3.8) is 0 Å². The largest absolute Gasteiger partial charge is 0.300 e. The van der Waals surface area contributed by atoms with Gasteiger partial charge in [-0.2, -0.15) is 0 Å². The first kappa shape index (κ1) is 23.4. The quantitative estimate of drug-likeness (QED) is 0.299. The molecule has 3 fully saturated rings. The Bertz CT molecular complexity index is 493. The van der Waals surface area contributed by atoms with E-state index < -0.39 is 0 Å². The molecule has 3 heteroatoms. The third kappa shape index (κ3) is 7.71. The highest BCUT2D eigenvalue weighted by molar-refractivity contribution is 8.13. The molecule has 0 amide bonds. The van der Waals surface area contributed by atoms with Gasteiger partial charge in [-0.05, 0) is 68.6 Å². The number of thioether (sulfide) groups is 1. The zero-order valence-electron chi connectivity index (χ0n) is 18.8. The first-order chi connectivity index (χ1) is 14.1. The van der Waals surface area contributed by atoms with Crippen LogP contribution in [0.2, 0.25) is 0 Å². The van der Waals surface area contributed by atoms with Crippen molar-refractivity contribution < 1.29 is 9.59 Å². The minimum Gasteiger partial charge on any atom is -0.300 e. The second-order valence-corrected chi connectivity index (χ2v) is 11.5. The smallest absolute Gasteiger partial charge is 0.192 e. The van der Waals surface area contributed by atoms with E-state index in [1.165, 1.54) is 102 Å². The number of carbonyl (C=O) groups excluding carboxylic acids is 2. The van der Waals surface area contributed by atoms with Gasteiger partial charge in [-0.25, -0.2) is 0 Å². The molecule has 3 atom stereocenters. The monoisotopic (exact) mass is 420 g/mol. The molecule has 0 saturated heterocycles. The van der Waals surface area contributed by atoms with E-state index in [4.69, 9.17) is 0 Å². The molecule has 29 heavy (non-hydrogen) atoms. The number of rotatable bonds is 8. The fourth-order valence-corrected chi connectivity index (χ4v) is 7.24. The van der Waals surface area contributed by atoms with Crippen LogP contribution >= 0.6 is 11.8 Å². The Hall–Kier alpha value is -0.310. The lowest BCUT2D eigenvalue weighted by Crippen LogP contribution is -2.18. The van der Waals surface area contributed by atoms with Gasteiger partial charge < -0.3 is 0 Å². The molecule has 3 aliphatic rings. The van der Waals surface area contributed by atoms with Crippen LogP contribution in [0.4, 0.5) is 0 Å². The molecule has 0 N–H and O–H groups in total. The molecular weight excluding hydrogens is 376 g/mol. The third-order valence-corrected chi connectivity index (χ3v) is 9.45. The van der Waals surface area contributed by atoms with Crippen molar-refractivity contribution in [2.24, 2.45) is 29.6 Å². The number of Topliss-reactive ketones (excluding diaryl/α,β-unsaturated/α-hetero) is 1. The first-order valence-electron chi connectivity index (χ1n) is 12.8. The van der Waals surface area contributed by atoms with Crippen LogP contribution in [-0.4, -0.2) is 16.7 Å². The molecule has 0 aromatic heterocycles. The van der Waals surface area contributed by atoms with E-state index in [-0.39, 0.29) is 5.92 Å². The number of ketones is 1. The number of hydrogen-bond donors (Lipinski definition) is 0. The molecule has 0 aromatic carbocycles. The van der Waals surface area contributed by atoms with E-state index in [2.05, 4.69) is 6.92 Å². The summed E-state index contributed by atoms with van der Waals surface area (Å²) in [5, 5.41) is 0.371.